The van der Waals surface area contributed by atoms with Crippen LogP contribution in [0.1, 0.15) is 20.7 Å². The SMILES string of the molecule is O=C(/C=C/Nc1ccccc1C(=O)O)c1ccc(F)cc1. The Morgan fingerprint density at radius 2 is 1.71 bits per heavy atom. The van der Waals surface area contributed by atoms with E-state index >= 15 is 0 Å². The summed E-state index contributed by atoms with van der Waals surface area (Å²) in [7, 11) is 0. The molecule has 0 heterocycles. The molecule has 2 rings (SSSR count). The number of para-hydroxylation sites is 1. The molecule has 21 heavy (non-hydrogen) atoms. The number of benzene rings is 2. The van der Waals surface area contributed by atoms with Crippen molar-refractivity contribution in [3.8, 4) is 0 Å². The number of hydrogen-bond acceptors (Lipinski definition) is 3. The van der Waals surface area contributed by atoms with E-state index in [9.17, 15) is 14.0 Å². The molecule has 0 saturated heterocycles. The van der Waals surface area contributed by atoms with Crippen LogP contribution in [0.2, 0.25) is 0 Å². The molecule has 2 N–H and O–H groups in total. The van der Waals surface area contributed by atoms with Crippen molar-refractivity contribution in [2.75, 3.05) is 5.32 Å². The quantitative estimate of drug-likeness (QED) is 0.653. The van der Waals surface area contributed by atoms with Gasteiger partial charge in [-0.1, -0.05) is 12.1 Å². The molecule has 0 aliphatic heterocycles. The zero-order valence-corrected chi connectivity index (χ0v) is 10.9. The highest BCUT2D eigenvalue weighted by molar-refractivity contribution is 6.04. The maximum atomic E-state index is 12.7. The molecule has 0 aliphatic rings. The van der Waals surface area contributed by atoms with Gasteiger partial charge >= 0.3 is 5.97 Å². The molecule has 0 radical (unpaired) electrons. The smallest absolute Gasteiger partial charge is 0.337 e. The van der Waals surface area contributed by atoms with Crippen molar-refractivity contribution >= 4 is 17.4 Å². The number of halogens is 1. The van der Waals surface area contributed by atoms with Crippen molar-refractivity contribution in [1.82, 2.24) is 0 Å². The largest absolute Gasteiger partial charge is 0.478 e. The van der Waals surface area contributed by atoms with Crippen molar-refractivity contribution in [3.05, 3.63) is 77.8 Å². The van der Waals surface area contributed by atoms with Gasteiger partial charge in [0.2, 0.25) is 0 Å². The van der Waals surface area contributed by atoms with E-state index < -0.39 is 11.8 Å². The molecule has 0 aromatic heterocycles. The lowest BCUT2D eigenvalue weighted by molar-refractivity contribution is 0.0698. The van der Waals surface area contributed by atoms with E-state index in [2.05, 4.69) is 5.32 Å². The normalized spacial score (nSPS) is 10.5. The van der Waals surface area contributed by atoms with Crippen LogP contribution in [0, 0.1) is 5.82 Å². The summed E-state index contributed by atoms with van der Waals surface area (Å²) >= 11 is 0. The topological polar surface area (TPSA) is 66.4 Å². The van der Waals surface area contributed by atoms with Crippen molar-refractivity contribution in [2.24, 2.45) is 0 Å². The van der Waals surface area contributed by atoms with E-state index in [1.807, 2.05) is 0 Å². The lowest BCUT2D eigenvalue weighted by Gasteiger charge is -2.04. The Hall–Kier alpha value is -2.95. The molecule has 5 heteroatoms. The van der Waals surface area contributed by atoms with Gasteiger partial charge in [0.1, 0.15) is 5.82 Å². The van der Waals surface area contributed by atoms with Gasteiger partial charge in [-0.2, -0.15) is 0 Å². The summed E-state index contributed by atoms with van der Waals surface area (Å²) in [5.74, 6) is -1.78. The first-order chi connectivity index (χ1) is 10.1. The van der Waals surface area contributed by atoms with Crippen LogP contribution in [-0.2, 0) is 0 Å². The number of carbonyl (C=O) groups excluding carboxylic acids is 1. The Morgan fingerprint density at radius 1 is 1.05 bits per heavy atom. The minimum atomic E-state index is -1.06. The molecular weight excluding hydrogens is 273 g/mol. The first-order valence-corrected chi connectivity index (χ1v) is 6.13. The Balaban J connectivity index is 2.07. The minimum Gasteiger partial charge on any atom is -0.478 e. The molecule has 0 spiro atoms. The monoisotopic (exact) mass is 285 g/mol. The number of nitrogens with one attached hydrogen (secondary N) is 1. The Kier molecular flexibility index (Phi) is 4.46. The number of carboxylic acids is 1. The fraction of sp³-hybridized carbons (Fsp3) is 0. The van der Waals surface area contributed by atoms with Crippen molar-refractivity contribution in [3.63, 3.8) is 0 Å². The molecule has 2 aromatic carbocycles. The number of rotatable bonds is 5. The highest BCUT2D eigenvalue weighted by Crippen LogP contribution is 2.14. The second-order valence-corrected chi connectivity index (χ2v) is 4.20. The zero-order valence-electron chi connectivity index (χ0n) is 10.9. The van der Waals surface area contributed by atoms with Gasteiger partial charge in [-0.25, -0.2) is 9.18 Å². The molecular formula is C16H12FNO3. The van der Waals surface area contributed by atoms with E-state index in [4.69, 9.17) is 5.11 Å². The highest BCUT2D eigenvalue weighted by Gasteiger charge is 2.07. The summed E-state index contributed by atoms with van der Waals surface area (Å²) in [5.41, 5.74) is 0.838. The van der Waals surface area contributed by atoms with E-state index in [0.29, 0.717) is 11.3 Å². The average Bonchev–Trinajstić information content (AvgIpc) is 2.48. The van der Waals surface area contributed by atoms with Gasteiger partial charge in [0, 0.05) is 17.8 Å². The number of carbonyl (C=O) groups is 2. The summed E-state index contributed by atoms with van der Waals surface area (Å²) < 4.78 is 12.7. The van der Waals surface area contributed by atoms with Gasteiger partial charge in [0.25, 0.3) is 0 Å². The van der Waals surface area contributed by atoms with Crippen LogP contribution in [0.4, 0.5) is 10.1 Å². The summed E-state index contributed by atoms with van der Waals surface area (Å²) in [6, 6.07) is 11.5. The molecule has 0 fully saturated rings. The maximum absolute atomic E-state index is 12.7. The molecule has 2 aromatic rings. The summed E-state index contributed by atoms with van der Waals surface area (Å²) in [6.45, 7) is 0. The first kappa shape index (κ1) is 14.5. The van der Waals surface area contributed by atoms with Crippen molar-refractivity contribution in [1.29, 1.82) is 0 Å². The fourth-order valence-electron chi connectivity index (χ4n) is 1.71. The van der Waals surface area contributed by atoms with Crippen molar-refractivity contribution in [2.45, 2.75) is 0 Å². The summed E-state index contributed by atoms with van der Waals surface area (Å²) in [4.78, 5) is 22.8. The lowest BCUT2D eigenvalue weighted by Crippen LogP contribution is -2.02. The lowest BCUT2D eigenvalue weighted by atomic mass is 10.1. The minimum absolute atomic E-state index is 0.108. The van der Waals surface area contributed by atoms with Crippen LogP contribution >= 0.6 is 0 Å². The summed E-state index contributed by atoms with van der Waals surface area (Å²) in [5, 5.41) is 11.8. The predicted octanol–water partition coefficient (Wildman–Crippen LogP) is 3.33. The number of carboxylic acid groups (broad SMARTS) is 1. The van der Waals surface area contributed by atoms with Crippen LogP contribution < -0.4 is 5.32 Å². The van der Waals surface area contributed by atoms with Crippen LogP contribution in [0.15, 0.2) is 60.8 Å². The van der Waals surface area contributed by atoms with Crippen LogP contribution in [0.5, 0.6) is 0 Å². The van der Waals surface area contributed by atoms with Gasteiger partial charge in [-0.3, -0.25) is 4.79 Å². The molecule has 106 valence electrons. The third-order valence-electron chi connectivity index (χ3n) is 2.76. The fourth-order valence-corrected chi connectivity index (χ4v) is 1.71. The van der Waals surface area contributed by atoms with E-state index in [0.717, 1.165) is 0 Å². The Labute approximate surface area is 120 Å². The molecule has 0 unspecified atom stereocenters. The van der Waals surface area contributed by atoms with Gasteiger partial charge in [-0.15, -0.1) is 0 Å². The van der Waals surface area contributed by atoms with E-state index in [1.165, 1.54) is 42.6 Å². The second kappa shape index (κ2) is 6.47. The second-order valence-electron chi connectivity index (χ2n) is 4.20. The molecule has 0 amide bonds. The van der Waals surface area contributed by atoms with Gasteiger partial charge in [0.05, 0.1) is 11.3 Å². The Morgan fingerprint density at radius 3 is 2.38 bits per heavy atom. The van der Waals surface area contributed by atoms with Gasteiger partial charge in [-0.05, 0) is 36.4 Å². The number of anilines is 1. The van der Waals surface area contributed by atoms with E-state index in [-0.39, 0.29) is 11.3 Å². The van der Waals surface area contributed by atoms with Crippen molar-refractivity contribution < 1.29 is 19.1 Å². The number of aromatic carboxylic acids is 1. The van der Waals surface area contributed by atoms with Gasteiger partial charge in [0.15, 0.2) is 5.78 Å². The molecule has 0 saturated carbocycles. The van der Waals surface area contributed by atoms with Crippen LogP contribution in [0.25, 0.3) is 0 Å². The standard InChI is InChI=1S/C16H12FNO3/c17-12-7-5-11(6-8-12)15(19)9-10-18-14-4-2-1-3-13(14)16(20)21/h1-10,18H,(H,20,21)/b10-9+. The zero-order chi connectivity index (χ0) is 15.2. The third-order valence-corrected chi connectivity index (χ3v) is 2.76. The molecule has 0 bridgehead atoms. The highest BCUT2D eigenvalue weighted by atomic mass is 19.1. The Bertz CT molecular complexity index is 693. The van der Waals surface area contributed by atoms with Gasteiger partial charge < -0.3 is 10.4 Å². The molecule has 0 aliphatic carbocycles. The number of ketones is 1. The average molecular weight is 285 g/mol. The number of hydrogen-bond donors (Lipinski definition) is 2. The maximum Gasteiger partial charge on any atom is 0.337 e. The summed E-state index contributed by atoms with van der Waals surface area (Å²) in [6.07, 6.45) is 2.61. The molecule has 0 atom stereocenters. The van der Waals surface area contributed by atoms with Crippen LogP contribution in [0.3, 0.4) is 0 Å². The predicted molar refractivity (Wildman–Crippen MR) is 76.9 cm³/mol. The van der Waals surface area contributed by atoms with E-state index in [1.54, 1.807) is 18.2 Å². The first-order valence-electron chi connectivity index (χ1n) is 6.13. The number of allylic oxidation sites excluding steroid dienone is 1. The van der Waals surface area contributed by atoms with Crippen LogP contribution in [-0.4, -0.2) is 16.9 Å². The third kappa shape index (κ3) is 3.76. The molecule has 4 nitrogen and oxygen atoms in total.